The molecule has 8 nitrogen and oxygen atoms in total. The van der Waals surface area contributed by atoms with Crippen molar-refractivity contribution < 1.29 is 28.2 Å². The number of carbonyl (C=O) groups excluding carboxylic acids is 3. The van der Waals surface area contributed by atoms with E-state index in [1.54, 1.807) is 36.3 Å². The lowest BCUT2D eigenvalue weighted by atomic mass is 9.73. The summed E-state index contributed by atoms with van der Waals surface area (Å²) in [6.07, 6.45) is 5.91. The van der Waals surface area contributed by atoms with Crippen molar-refractivity contribution in [2.75, 3.05) is 12.4 Å². The summed E-state index contributed by atoms with van der Waals surface area (Å²) in [6, 6.07) is 10.3. The molecular formula is C32H35ClFN3O5. The van der Waals surface area contributed by atoms with Crippen molar-refractivity contribution >= 4 is 35.0 Å². The van der Waals surface area contributed by atoms with Crippen LogP contribution >= 0.6 is 11.6 Å². The first-order valence-corrected chi connectivity index (χ1v) is 14.9. The van der Waals surface area contributed by atoms with E-state index in [-0.39, 0.29) is 29.4 Å². The fourth-order valence-corrected chi connectivity index (χ4v) is 7.39. The summed E-state index contributed by atoms with van der Waals surface area (Å²) >= 11 is 5.92. The standard InChI is InChI=1S/C32H35ClFN3O5/c1-17-5-4-6-24(18(17)2)36-30(39)28-32-14-13-25(42-32)26(29(38)35-20-9-12-23(34)22(33)15-20)27(32)31(40)37(28)16-19-7-10-21(41-3)11-8-19/h7-15,17-18,24-28H,4-6,16H2,1-3H3,(H,35,38)(H,36,39)/t17-,18+,24-,25-,26-,27-,28+,32+/m1/s1. The number of ether oxygens (including phenoxy) is 2. The Hall–Kier alpha value is -3.43. The minimum Gasteiger partial charge on any atom is -0.497 e. The van der Waals surface area contributed by atoms with Gasteiger partial charge in [-0.2, -0.15) is 0 Å². The Balaban J connectivity index is 1.32. The minimum atomic E-state index is -1.29. The van der Waals surface area contributed by atoms with Crippen LogP contribution in [0.15, 0.2) is 54.6 Å². The Labute approximate surface area is 249 Å². The van der Waals surface area contributed by atoms with Crippen molar-refractivity contribution in [3.05, 3.63) is 71.0 Å². The van der Waals surface area contributed by atoms with Crippen LogP contribution in [0.5, 0.6) is 5.75 Å². The molecule has 0 radical (unpaired) electrons. The Morgan fingerprint density at radius 1 is 1.14 bits per heavy atom. The maximum absolute atomic E-state index is 14.2. The second-order valence-corrected chi connectivity index (χ2v) is 12.4. The first-order valence-electron chi connectivity index (χ1n) is 14.5. The molecule has 4 aliphatic rings. The number of nitrogens with one attached hydrogen (secondary N) is 2. The number of rotatable bonds is 7. The van der Waals surface area contributed by atoms with Gasteiger partial charge < -0.3 is 25.0 Å². The van der Waals surface area contributed by atoms with Gasteiger partial charge in [-0.15, -0.1) is 0 Å². The highest BCUT2D eigenvalue weighted by Crippen LogP contribution is 2.55. The molecule has 222 valence electrons. The lowest BCUT2D eigenvalue weighted by molar-refractivity contribution is -0.142. The average Bonchev–Trinajstić information content (AvgIpc) is 3.61. The fraction of sp³-hybridized carbons (Fsp3) is 0.469. The molecular weight excluding hydrogens is 561 g/mol. The highest BCUT2D eigenvalue weighted by molar-refractivity contribution is 6.31. The third kappa shape index (κ3) is 4.76. The van der Waals surface area contributed by atoms with Gasteiger partial charge in [0, 0.05) is 18.3 Å². The van der Waals surface area contributed by atoms with Crippen LogP contribution in [0.3, 0.4) is 0 Å². The van der Waals surface area contributed by atoms with Gasteiger partial charge in [-0.3, -0.25) is 14.4 Å². The summed E-state index contributed by atoms with van der Waals surface area (Å²) in [5, 5.41) is 5.91. The van der Waals surface area contributed by atoms with Crippen molar-refractivity contribution in [1.29, 1.82) is 0 Å². The predicted octanol–water partition coefficient (Wildman–Crippen LogP) is 4.72. The van der Waals surface area contributed by atoms with Crippen LogP contribution in [0.1, 0.15) is 38.7 Å². The van der Waals surface area contributed by atoms with Gasteiger partial charge in [-0.25, -0.2) is 4.39 Å². The van der Waals surface area contributed by atoms with Gasteiger partial charge in [0.25, 0.3) is 0 Å². The van der Waals surface area contributed by atoms with E-state index < -0.39 is 41.3 Å². The highest BCUT2D eigenvalue weighted by Gasteiger charge is 2.72. The molecule has 1 aliphatic carbocycles. The summed E-state index contributed by atoms with van der Waals surface area (Å²) in [5.41, 5.74) is -0.162. The lowest BCUT2D eigenvalue weighted by Crippen LogP contribution is -2.57. The number of nitrogens with zero attached hydrogens (tertiary/aromatic N) is 1. The van der Waals surface area contributed by atoms with Gasteiger partial charge in [0.15, 0.2) is 0 Å². The molecule has 1 spiro atoms. The number of benzene rings is 2. The van der Waals surface area contributed by atoms with Crippen LogP contribution in [-0.2, 0) is 25.7 Å². The van der Waals surface area contributed by atoms with E-state index in [0.29, 0.717) is 23.3 Å². The molecule has 3 aliphatic heterocycles. The average molecular weight is 596 g/mol. The number of fused-ring (bicyclic) bond motifs is 1. The molecule has 2 N–H and O–H groups in total. The Morgan fingerprint density at radius 3 is 2.62 bits per heavy atom. The van der Waals surface area contributed by atoms with Crippen molar-refractivity contribution in [1.82, 2.24) is 10.2 Å². The monoisotopic (exact) mass is 595 g/mol. The molecule has 2 bridgehead atoms. The van der Waals surface area contributed by atoms with E-state index in [9.17, 15) is 18.8 Å². The Morgan fingerprint density at radius 2 is 1.90 bits per heavy atom. The zero-order valence-electron chi connectivity index (χ0n) is 23.8. The second-order valence-electron chi connectivity index (χ2n) is 12.0. The number of methoxy groups -OCH3 is 1. The topological polar surface area (TPSA) is 97.0 Å². The van der Waals surface area contributed by atoms with Gasteiger partial charge >= 0.3 is 0 Å². The molecule has 1 saturated carbocycles. The SMILES string of the molecule is COc1ccc(CN2C(=O)[C@H]3[C@H](C(=O)Nc4ccc(F)c(Cl)c4)[C@H]4C=C[C@@]3(O4)[C@@H]2C(=O)N[C@@H]2CCC[C@@H](C)[C@@H]2C)cc1. The smallest absolute Gasteiger partial charge is 0.246 e. The number of anilines is 1. The lowest BCUT2D eigenvalue weighted by Gasteiger charge is -2.38. The molecule has 6 rings (SSSR count). The van der Waals surface area contributed by atoms with E-state index in [1.165, 1.54) is 18.2 Å². The van der Waals surface area contributed by atoms with E-state index in [0.717, 1.165) is 24.8 Å². The van der Waals surface area contributed by atoms with Crippen molar-refractivity contribution in [2.45, 2.75) is 63.4 Å². The second kappa shape index (κ2) is 11.0. The number of carbonyl (C=O) groups is 3. The van der Waals surface area contributed by atoms with E-state index >= 15 is 0 Å². The van der Waals surface area contributed by atoms with Crippen molar-refractivity contribution in [2.24, 2.45) is 23.7 Å². The third-order valence-corrected chi connectivity index (χ3v) is 9.95. The first-order chi connectivity index (χ1) is 20.1. The molecule has 42 heavy (non-hydrogen) atoms. The Kier molecular flexibility index (Phi) is 7.51. The molecule has 2 saturated heterocycles. The molecule has 10 heteroatoms. The number of hydrogen-bond acceptors (Lipinski definition) is 5. The van der Waals surface area contributed by atoms with E-state index in [4.69, 9.17) is 21.1 Å². The van der Waals surface area contributed by atoms with Crippen molar-refractivity contribution in [3.63, 3.8) is 0 Å². The van der Waals surface area contributed by atoms with Crippen LogP contribution in [0.4, 0.5) is 10.1 Å². The zero-order valence-corrected chi connectivity index (χ0v) is 24.6. The van der Waals surface area contributed by atoms with E-state index in [1.807, 2.05) is 12.1 Å². The number of amides is 3. The molecule has 8 atom stereocenters. The van der Waals surface area contributed by atoms with Gasteiger partial charge in [0.1, 0.15) is 23.2 Å². The van der Waals surface area contributed by atoms with Gasteiger partial charge in [0.2, 0.25) is 17.7 Å². The Bertz CT molecular complexity index is 1430. The summed E-state index contributed by atoms with van der Waals surface area (Å²) in [6.45, 7) is 4.53. The summed E-state index contributed by atoms with van der Waals surface area (Å²) < 4.78 is 25.4. The molecule has 0 aromatic heterocycles. The summed E-state index contributed by atoms with van der Waals surface area (Å²) in [4.78, 5) is 43.6. The van der Waals surface area contributed by atoms with Gasteiger partial charge in [-0.05, 0) is 54.2 Å². The van der Waals surface area contributed by atoms with Crippen LogP contribution < -0.4 is 15.4 Å². The van der Waals surface area contributed by atoms with Crippen LogP contribution in [-0.4, -0.2) is 53.5 Å². The molecule has 3 amide bonds. The third-order valence-electron chi connectivity index (χ3n) is 9.66. The quantitative estimate of drug-likeness (QED) is 0.452. The fourth-order valence-electron chi connectivity index (χ4n) is 7.21. The zero-order chi connectivity index (χ0) is 29.8. The number of likely N-dealkylation sites (tertiary alicyclic amines) is 1. The summed E-state index contributed by atoms with van der Waals surface area (Å²) in [5.74, 6) is -1.98. The van der Waals surface area contributed by atoms with Gasteiger partial charge in [-0.1, -0.05) is 62.6 Å². The number of hydrogen-bond donors (Lipinski definition) is 2. The molecule has 3 fully saturated rings. The minimum absolute atomic E-state index is 0.0143. The van der Waals surface area contributed by atoms with Crippen LogP contribution in [0.25, 0.3) is 0 Å². The van der Waals surface area contributed by atoms with Crippen LogP contribution in [0.2, 0.25) is 5.02 Å². The largest absolute Gasteiger partial charge is 0.497 e. The highest BCUT2D eigenvalue weighted by atomic mass is 35.5. The number of halogens is 2. The molecule has 3 heterocycles. The van der Waals surface area contributed by atoms with Crippen LogP contribution in [0, 0.1) is 29.5 Å². The molecule has 2 aromatic carbocycles. The maximum Gasteiger partial charge on any atom is 0.246 e. The normalized spacial score (nSPS) is 33.0. The molecule has 2 aromatic rings. The summed E-state index contributed by atoms with van der Waals surface area (Å²) in [7, 11) is 1.58. The predicted molar refractivity (Wildman–Crippen MR) is 155 cm³/mol. The van der Waals surface area contributed by atoms with E-state index in [2.05, 4.69) is 24.5 Å². The first kappa shape index (κ1) is 28.7. The maximum atomic E-state index is 14.2. The van der Waals surface area contributed by atoms with Gasteiger partial charge in [0.05, 0.1) is 30.1 Å². The van der Waals surface area contributed by atoms with Crippen molar-refractivity contribution in [3.8, 4) is 5.75 Å². The molecule has 0 unspecified atom stereocenters.